The molecular formula is C17H16N4S2. The van der Waals surface area contributed by atoms with E-state index >= 15 is 0 Å². The third-order valence-electron chi connectivity index (χ3n) is 3.80. The molecule has 0 saturated heterocycles. The van der Waals surface area contributed by atoms with Crippen molar-refractivity contribution in [3.05, 3.63) is 52.5 Å². The molecule has 0 radical (unpaired) electrons. The Labute approximate surface area is 142 Å². The highest BCUT2D eigenvalue weighted by molar-refractivity contribution is 7.15. The summed E-state index contributed by atoms with van der Waals surface area (Å²) >= 11 is 3.25. The normalized spacial score (nSPS) is 11.2. The summed E-state index contributed by atoms with van der Waals surface area (Å²) in [5.74, 6) is 0. The van der Waals surface area contributed by atoms with Gasteiger partial charge >= 0.3 is 0 Å². The van der Waals surface area contributed by atoms with Crippen LogP contribution in [0.15, 0.2) is 41.2 Å². The molecule has 0 aliphatic carbocycles. The fourth-order valence-electron chi connectivity index (χ4n) is 2.59. The summed E-state index contributed by atoms with van der Waals surface area (Å²) in [5.41, 5.74) is 5.46. The predicted octanol–water partition coefficient (Wildman–Crippen LogP) is 5.13. The van der Waals surface area contributed by atoms with Gasteiger partial charge in [0.05, 0.1) is 11.4 Å². The molecule has 23 heavy (non-hydrogen) atoms. The molecule has 116 valence electrons. The Kier molecular flexibility index (Phi) is 3.63. The number of rotatable bonds is 4. The zero-order valence-corrected chi connectivity index (χ0v) is 14.5. The number of hydrogen-bond acceptors (Lipinski definition) is 5. The Morgan fingerprint density at radius 3 is 2.74 bits per heavy atom. The topological polar surface area (TPSA) is 42.2 Å². The van der Waals surface area contributed by atoms with Crippen LogP contribution in [-0.4, -0.2) is 14.4 Å². The van der Waals surface area contributed by atoms with Crippen LogP contribution >= 0.6 is 22.7 Å². The summed E-state index contributed by atoms with van der Waals surface area (Å²) in [6, 6.07) is 8.49. The first kappa shape index (κ1) is 14.4. The minimum absolute atomic E-state index is 0.897. The van der Waals surface area contributed by atoms with Crippen LogP contribution in [-0.2, 0) is 6.42 Å². The highest BCUT2D eigenvalue weighted by atomic mass is 32.1. The lowest BCUT2D eigenvalue weighted by Gasteiger charge is -2.03. The van der Waals surface area contributed by atoms with Gasteiger partial charge in [0.2, 0.25) is 0 Å². The lowest BCUT2D eigenvalue weighted by molar-refractivity contribution is 1.14. The summed E-state index contributed by atoms with van der Waals surface area (Å²) in [6.45, 7) is 4.19. The van der Waals surface area contributed by atoms with Crippen molar-refractivity contribution in [2.75, 3.05) is 5.32 Å². The second kappa shape index (κ2) is 5.79. The van der Waals surface area contributed by atoms with Crippen LogP contribution in [0.5, 0.6) is 0 Å². The number of fused-ring (bicyclic) bond motifs is 1. The van der Waals surface area contributed by atoms with E-state index in [0.717, 1.165) is 39.3 Å². The molecule has 0 unspecified atom stereocenters. The van der Waals surface area contributed by atoms with Crippen molar-refractivity contribution in [3.63, 3.8) is 0 Å². The van der Waals surface area contributed by atoms with E-state index in [1.807, 2.05) is 18.5 Å². The molecule has 4 aromatic rings. The third kappa shape index (κ3) is 2.64. The highest BCUT2D eigenvalue weighted by Gasteiger charge is 2.14. The molecule has 4 nitrogen and oxygen atoms in total. The minimum Gasteiger partial charge on any atom is -0.332 e. The zero-order chi connectivity index (χ0) is 15.8. The van der Waals surface area contributed by atoms with Crippen LogP contribution in [0.25, 0.3) is 16.3 Å². The molecule has 3 aromatic heterocycles. The number of nitrogens with one attached hydrogen (secondary N) is 1. The van der Waals surface area contributed by atoms with Crippen LogP contribution in [0.4, 0.5) is 10.8 Å². The number of nitrogens with zero attached hydrogens (tertiary/aromatic N) is 3. The molecule has 0 spiro atoms. The summed E-state index contributed by atoms with van der Waals surface area (Å²) < 4.78 is 2.11. The molecule has 0 atom stereocenters. The highest BCUT2D eigenvalue weighted by Crippen LogP contribution is 2.31. The maximum atomic E-state index is 4.73. The van der Waals surface area contributed by atoms with Crippen molar-refractivity contribution in [2.45, 2.75) is 20.3 Å². The fourth-order valence-corrected chi connectivity index (χ4v) is 4.06. The van der Waals surface area contributed by atoms with Crippen LogP contribution in [0.2, 0.25) is 0 Å². The fraction of sp³-hybridized carbons (Fsp3) is 0.176. The van der Waals surface area contributed by atoms with E-state index in [9.17, 15) is 0 Å². The Hall–Kier alpha value is -2.18. The SMILES string of the molecule is CCc1ccc(Nc2nc(-c3c(C)nc4sccn34)cs2)cc1. The molecular weight excluding hydrogens is 324 g/mol. The van der Waals surface area contributed by atoms with Crippen molar-refractivity contribution in [2.24, 2.45) is 0 Å². The number of benzene rings is 1. The minimum atomic E-state index is 0.897. The second-order valence-electron chi connectivity index (χ2n) is 5.31. The third-order valence-corrected chi connectivity index (χ3v) is 5.31. The molecule has 0 aliphatic heterocycles. The van der Waals surface area contributed by atoms with Crippen molar-refractivity contribution < 1.29 is 0 Å². The standard InChI is InChI=1S/C17H16N4S2/c1-3-12-4-6-13(7-5-12)19-16-20-14(10-23-16)15-11(2)18-17-21(15)8-9-22-17/h4-10H,3H2,1-2H3,(H,19,20). The smallest absolute Gasteiger partial charge is 0.194 e. The van der Waals surface area contributed by atoms with Gasteiger partial charge in [-0.15, -0.1) is 22.7 Å². The van der Waals surface area contributed by atoms with Gasteiger partial charge in [-0.25, -0.2) is 9.97 Å². The van der Waals surface area contributed by atoms with Crippen LogP contribution < -0.4 is 5.32 Å². The second-order valence-corrected chi connectivity index (χ2v) is 7.05. The van der Waals surface area contributed by atoms with Gasteiger partial charge in [0.1, 0.15) is 5.69 Å². The monoisotopic (exact) mass is 340 g/mol. The number of aryl methyl sites for hydroxylation is 2. The van der Waals surface area contributed by atoms with E-state index in [0.29, 0.717) is 0 Å². The molecule has 4 rings (SSSR count). The molecule has 1 N–H and O–H groups in total. The first-order valence-electron chi connectivity index (χ1n) is 7.48. The quantitative estimate of drug-likeness (QED) is 0.560. The van der Waals surface area contributed by atoms with Gasteiger partial charge < -0.3 is 5.32 Å². The van der Waals surface area contributed by atoms with E-state index < -0.39 is 0 Å². The van der Waals surface area contributed by atoms with E-state index in [2.05, 4.69) is 51.3 Å². The Morgan fingerprint density at radius 2 is 1.96 bits per heavy atom. The molecule has 0 fully saturated rings. The summed E-state index contributed by atoms with van der Waals surface area (Å²) in [4.78, 5) is 10.3. The molecule has 0 amide bonds. The van der Waals surface area contributed by atoms with Gasteiger partial charge in [-0.1, -0.05) is 19.1 Å². The zero-order valence-electron chi connectivity index (χ0n) is 12.9. The maximum absolute atomic E-state index is 4.73. The van der Waals surface area contributed by atoms with Crippen LogP contribution in [0, 0.1) is 6.92 Å². The number of aromatic nitrogens is 3. The van der Waals surface area contributed by atoms with Gasteiger partial charge in [0, 0.05) is 22.6 Å². The van der Waals surface area contributed by atoms with Crippen LogP contribution in [0.3, 0.4) is 0 Å². The van der Waals surface area contributed by atoms with Gasteiger partial charge in [-0.2, -0.15) is 0 Å². The van der Waals surface area contributed by atoms with Crippen molar-refractivity contribution >= 4 is 38.5 Å². The summed E-state index contributed by atoms with van der Waals surface area (Å²) in [5, 5.41) is 8.40. The maximum Gasteiger partial charge on any atom is 0.194 e. The number of anilines is 2. The predicted molar refractivity (Wildman–Crippen MR) is 98.0 cm³/mol. The van der Waals surface area contributed by atoms with E-state index in [1.165, 1.54) is 5.56 Å². The molecule has 3 heterocycles. The number of thiazole rings is 2. The van der Waals surface area contributed by atoms with Crippen molar-refractivity contribution in [3.8, 4) is 11.4 Å². The Balaban J connectivity index is 1.63. The van der Waals surface area contributed by atoms with E-state index in [4.69, 9.17) is 4.98 Å². The molecule has 0 bridgehead atoms. The van der Waals surface area contributed by atoms with E-state index in [-0.39, 0.29) is 0 Å². The Morgan fingerprint density at radius 1 is 1.13 bits per heavy atom. The van der Waals surface area contributed by atoms with Crippen molar-refractivity contribution in [1.29, 1.82) is 0 Å². The van der Waals surface area contributed by atoms with Gasteiger partial charge in [-0.3, -0.25) is 4.40 Å². The average Bonchev–Trinajstić information content (AvgIpc) is 3.24. The first-order chi connectivity index (χ1) is 11.2. The number of hydrogen-bond donors (Lipinski definition) is 1. The van der Waals surface area contributed by atoms with Gasteiger partial charge in [-0.05, 0) is 31.0 Å². The van der Waals surface area contributed by atoms with Crippen molar-refractivity contribution in [1.82, 2.24) is 14.4 Å². The van der Waals surface area contributed by atoms with Gasteiger partial charge in [0.15, 0.2) is 10.1 Å². The molecule has 0 saturated carbocycles. The molecule has 6 heteroatoms. The summed E-state index contributed by atoms with van der Waals surface area (Å²) in [6.07, 6.45) is 3.10. The average molecular weight is 340 g/mol. The molecule has 0 aliphatic rings. The lowest BCUT2D eigenvalue weighted by Crippen LogP contribution is -1.91. The molecule has 1 aromatic carbocycles. The summed E-state index contributed by atoms with van der Waals surface area (Å²) in [7, 11) is 0. The van der Waals surface area contributed by atoms with E-state index in [1.54, 1.807) is 22.7 Å². The Bertz CT molecular complexity index is 947. The first-order valence-corrected chi connectivity index (χ1v) is 9.24. The largest absolute Gasteiger partial charge is 0.332 e. The number of imidazole rings is 1. The lowest BCUT2D eigenvalue weighted by atomic mass is 10.1. The van der Waals surface area contributed by atoms with Crippen LogP contribution in [0.1, 0.15) is 18.2 Å². The van der Waals surface area contributed by atoms with Gasteiger partial charge in [0.25, 0.3) is 0 Å².